The molecule has 0 aliphatic heterocycles. The zero-order valence-electron chi connectivity index (χ0n) is 9.60. The molecule has 0 radical (unpaired) electrons. The molecule has 1 N–H and O–H groups in total. The van der Waals surface area contributed by atoms with Crippen LogP contribution in [0.5, 0.6) is 0 Å². The summed E-state index contributed by atoms with van der Waals surface area (Å²) >= 11 is 1.61. The molecule has 0 saturated carbocycles. The Morgan fingerprint density at radius 1 is 1.36 bits per heavy atom. The fraction of sp³-hybridized carbons (Fsp3) is 0.727. The van der Waals surface area contributed by atoms with Crippen LogP contribution in [0, 0.1) is 12.3 Å². The molecule has 1 amide bonds. The fourth-order valence-electron chi connectivity index (χ4n) is 0.703. The van der Waals surface area contributed by atoms with Gasteiger partial charge in [-0.2, -0.15) is 0 Å². The molecule has 0 atom stereocenters. The van der Waals surface area contributed by atoms with Crippen molar-refractivity contribution in [2.45, 2.75) is 44.9 Å². The van der Waals surface area contributed by atoms with Crippen LogP contribution >= 0.6 is 11.8 Å². The quantitative estimate of drug-likeness (QED) is 0.727. The fourth-order valence-corrected chi connectivity index (χ4v) is 1.34. The second-order valence-electron chi connectivity index (χ2n) is 4.72. The summed E-state index contributed by atoms with van der Waals surface area (Å²) in [5.74, 6) is 2.97. The van der Waals surface area contributed by atoms with Gasteiger partial charge in [-0.25, -0.2) is 0 Å². The number of carbonyl (C=O) groups is 1. The van der Waals surface area contributed by atoms with Crippen LogP contribution in [0.25, 0.3) is 0 Å². The molecule has 0 fully saturated rings. The highest BCUT2D eigenvalue weighted by atomic mass is 32.2. The van der Waals surface area contributed by atoms with Crippen LogP contribution in [0.4, 0.5) is 0 Å². The van der Waals surface area contributed by atoms with Crippen LogP contribution in [0.15, 0.2) is 0 Å². The van der Waals surface area contributed by atoms with Crippen molar-refractivity contribution in [3.05, 3.63) is 0 Å². The van der Waals surface area contributed by atoms with Crippen LogP contribution in [0.3, 0.4) is 0 Å². The zero-order chi connectivity index (χ0) is 11.4. The normalized spacial score (nSPS) is 12.0. The highest BCUT2D eigenvalue weighted by Gasteiger charge is 2.19. The Labute approximate surface area is 91.2 Å². The van der Waals surface area contributed by atoms with Gasteiger partial charge in [0.15, 0.2) is 0 Å². The Morgan fingerprint density at radius 3 is 2.21 bits per heavy atom. The lowest BCUT2D eigenvalue weighted by atomic mass is 10.1. The van der Waals surface area contributed by atoms with Gasteiger partial charge in [0.05, 0.1) is 11.3 Å². The van der Waals surface area contributed by atoms with Gasteiger partial charge >= 0.3 is 0 Å². The Kier molecular flexibility index (Phi) is 4.54. The number of hydrogen-bond donors (Lipinski definition) is 1. The molecule has 0 saturated heterocycles. The van der Waals surface area contributed by atoms with E-state index >= 15 is 0 Å². The molecule has 0 spiro atoms. The molecule has 0 aromatic heterocycles. The summed E-state index contributed by atoms with van der Waals surface area (Å²) in [7, 11) is 0. The molecule has 80 valence electrons. The number of terminal acetylenes is 1. The van der Waals surface area contributed by atoms with E-state index in [1.54, 1.807) is 11.8 Å². The van der Waals surface area contributed by atoms with Gasteiger partial charge in [0.2, 0.25) is 5.91 Å². The largest absolute Gasteiger partial charge is 0.340 e. The second-order valence-corrected chi connectivity index (χ2v) is 6.52. The summed E-state index contributed by atoms with van der Waals surface area (Å²) < 4.78 is 0.109. The average Bonchev–Trinajstić information content (AvgIpc) is 1.99. The van der Waals surface area contributed by atoms with E-state index in [2.05, 4.69) is 32.0 Å². The van der Waals surface area contributed by atoms with Crippen LogP contribution in [0.1, 0.15) is 34.6 Å². The Morgan fingerprint density at radius 2 is 1.86 bits per heavy atom. The molecule has 0 aliphatic carbocycles. The number of thioether (sulfide) groups is 1. The first-order valence-corrected chi connectivity index (χ1v) is 5.57. The van der Waals surface area contributed by atoms with E-state index in [-0.39, 0.29) is 10.7 Å². The topological polar surface area (TPSA) is 29.1 Å². The van der Waals surface area contributed by atoms with E-state index in [1.807, 2.05) is 13.8 Å². The summed E-state index contributed by atoms with van der Waals surface area (Å²) in [6.07, 6.45) is 5.27. The minimum absolute atomic E-state index is 0.00660. The predicted octanol–water partition coefficient (Wildman–Crippen LogP) is 2.05. The third-order valence-electron chi connectivity index (χ3n) is 1.45. The van der Waals surface area contributed by atoms with Crippen molar-refractivity contribution in [1.29, 1.82) is 0 Å². The molecular formula is C11H19NOS. The molecule has 3 heteroatoms. The smallest absolute Gasteiger partial charge is 0.231 e. The highest BCUT2D eigenvalue weighted by molar-refractivity contribution is 8.01. The van der Waals surface area contributed by atoms with Crippen LogP contribution in [0.2, 0.25) is 0 Å². The lowest BCUT2D eigenvalue weighted by Crippen LogP contribution is -2.43. The number of rotatable bonds is 3. The van der Waals surface area contributed by atoms with Gasteiger partial charge in [0.1, 0.15) is 0 Å². The van der Waals surface area contributed by atoms with Crippen molar-refractivity contribution in [3.63, 3.8) is 0 Å². The summed E-state index contributed by atoms with van der Waals surface area (Å²) in [5, 5.41) is 2.78. The van der Waals surface area contributed by atoms with Gasteiger partial charge in [-0.05, 0) is 13.8 Å². The molecule has 0 aliphatic rings. The molecule has 2 nitrogen and oxygen atoms in total. The highest BCUT2D eigenvalue weighted by Crippen LogP contribution is 2.22. The first-order valence-electron chi connectivity index (χ1n) is 4.59. The zero-order valence-corrected chi connectivity index (χ0v) is 10.4. The van der Waals surface area contributed by atoms with Gasteiger partial charge in [-0.15, -0.1) is 18.2 Å². The van der Waals surface area contributed by atoms with E-state index in [0.717, 1.165) is 0 Å². The maximum absolute atomic E-state index is 11.4. The van der Waals surface area contributed by atoms with Gasteiger partial charge in [0, 0.05) is 4.75 Å². The van der Waals surface area contributed by atoms with Gasteiger partial charge in [-0.3, -0.25) is 4.79 Å². The summed E-state index contributed by atoms with van der Waals surface area (Å²) in [6, 6.07) is 0. The lowest BCUT2D eigenvalue weighted by molar-refractivity contribution is -0.119. The molecule has 0 unspecified atom stereocenters. The van der Waals surface area contributed by atoms with Crippen LogP contribution in [-0.4, -0.2) is 21.9 Å². The summed E-state index contributed by atoms with van der Waals surface area (Å²) in [4.78, 5) is 11.4. The average molecular weight is 213 g/mol. The lowest BCUT2D eigenvalue weighted by Gasteiger charge is -2.22. The second kappa shape index (κ2) is 4.75. The van der Waals surface area contributed by atoms with E-state index in [9.17, 15) is 4.79 Å². The van der Waals surface area contributed by atoms with E-state index < -0.39 is 5.54 Å². The predicted molar refractivity (Wildman–Crippen MR) is 63.3 cm³/mol. The van der Waals surface area contributed by atoms with Crippen molar-refractivity contribution < 1.29 is 4.79 Å². The SMILES string of the molecule is C#CC(C)(C)NC(=O)CSC(C)(C)C. The third-order valence-corrected chi connectivity index (χ3v) is 2.72. The molecule has 0 rings (SSSR count). The number of carbonyl (C=O) groups excluding carboxylic acids is 1. The molecule has 0 aromatic rings. The third kappa shape index (κ3) is 6.85. The number of nitrogens with one attached hydrogen (secondary N) is 1. The maximum Gasteiger partial charge on any atom is 0.231 e. The van der Waals surface area contributed by atoms with E-state index in [4.69, 9.17) is 6.42 Å². The van der Waals surface area contributed by atoms with E-state index in [0.29, 0.717) is 5.75 Å². The minimum Gasteiger partial charge on any atom is -0.340 e. The Hall–Kier alpha value is -0.620. The standard InChI is InChI=1S/C11H19NOS/c1-7-11(5,6)12-9(13)8-14-10(2,3)4/h1H,8H2,2-6H3,(H,12,13). The maximum atomic E-state index is 11.4. The minimum atomic E-state index is -0.546. The van der Waals surface area contributed by atoms with E-state index in [1.165, 1.54) is 0 Å². The van der Waals surface area contributed by atoms with Gasteiger partial charge in [-0.1, -0.05) is 26.7 Å². The van der Waals surface area contributed by atoms with Crippen LogP contribution < -0.4 is 5.32 Å². The first-order chi connectivity index (χ1) is 6.16. The van der Waals surface area contributed by atoms with Gasteiger partial charge in [0.25, 0.3) is 0 Å². The number of hydrogen-bond acceptors (Lipinski definition) is 2. The van der Waals surface area contributed by atoms with Crippen molar-refractivity contribution >= 4 is 17.7 Å². The Bertz CT molecular complexity index is 245. The molecule has 0 heterocycles. The van der Waals surface area contributed by atoms with Gasteiger partial charge < -0.3 is 5.32 Å². The number of amides is 1. The van der Waals surface area contributed by atoms with Crippen molar-refractivity contribution in [3.8, 4) is 12.3 Å². The van der Waals surface area contributed by atoms with Crippen molar-refractivity contribution in [1.82, 2.24) is 5.32 Å². The Balaban J connectivity index is 3.97. The summed E-state index contributed by atoms with van der Waals surface area (Å²) in [6.45, 7) is 9.87. The summed E-state index contributed by atoms with van der Waals surface area (Å²) in [5.41, 5.74) is -0.546. The molecule has 14 heavy (non-hydrogen) atoms. The monoisotopic (exact) mass is 213 g/mol. The van der Waals surface area contributed by atoms with Crippen molar-refractivity contribution in [2.24, 2.45) is 0 Å². The van der Waals surface area contributed by atoms with Crippen molar-refractivity contribution in [2.75, 3.05) is 5.75 Å². The molecule has 0 bridgehead atoms. The molecule has 0 aromatic carbocycles. The molecular weight excluding hydrogens is 194 g/mol. The first kappa shape index (κ1) is 13.4. The van der Waals surface area contributed by atoms with Crippen LogP contribution in [-0.2, 0) is 4.79 Å².